The van der Waals surface area contributed by atoms with Crippen molar-refractivity contribution in [3.05, 3.63) is 42.0 Å². The van der Waals surface area contributed by atoms with Crippen molar-refractivity contribution in [3.8, 4) is 0 Å². The maximum Gasteiger partial charge on any atom is 0.329 e. The van der Waals surface area contributed by atoms with Gasteiger partial charge < -0.3 is 10.1 Å². The highest BCUT2D eigenvalue weighted by molar-refractivity contribution is 5.85. The van der Waals surface area contributed by atoms with Crippen LogP contribution in [0.5, 0.6) is 0 Å². The van der Waals surface area contributed by atoms with E-state index < -0.39 is 0 Å². The third-order valence-electron chi connectivity index (χ3n) is 3.97. The van der Waals surface area contributed by atoms with Gasteiger partial charge in [-0.3, -0.25) is 0 Å². The van der Waals surface area contributed by atoms with E-state index in [9.17, 15) is 4.79 Å². The van der Waals surface area contributed by atoms with Crippen LogP contribution in [-0.4, -0.2) is 33.4 Å². The molecule has 4 rings (SSSR count). The summed E-state index contributed by atoms with van der Waals surface area (Å²) in [4.78, 5) is 15.7. The molecule has 1 aromatic carbocycles. The smallest absolute Gasteiger partial charge is 0.329 e. The van der Waals surface area contributed by atoms with Crippen LogP contribution in [0.3, 0.4) is 0 Å². The molecule has 0 bridgehead atoms. The molecule has 0 radical (unpaired) electrons. The monoisotopic (exact) mass is 270 g/mol. The Balaban J connectivity index is 1.65. The fourth-order valence-electron chi connectivity index (χ4n) is 3.02. The summed E-state index contributed by atoms with van der Waals surface area (Å²) in [5.41, 5.74) is 3.42. The van der Waals surface area contributed by atoms with Crippen LogP contribution in [-0.2, 0) is 16.1 Å². The normalized spacial score (nSPS) is 23.7. The number of cyclic esters (lactones) is 1. The summed E-state index contributed by atoms with van der Waals surface area (Å²) in [6, 6.07) is 6.02. The van der Waals surface area contributed by atoms with Crippen molar-refractivity contribution in [1.29, 1.82) is 0 Å². The second-order valence-electron chi connectivity index (χ2n) is 5.20. The van der Waals surface area contributed by atoms with E-state index in [0.29, 0.717) is 13.2 Å². The zero-order chi connectivity index (χ0) is 13.5. The number of anilines is 1. The predicted octanol–water partition coefficient (Wildman–Crippen LogP) is 1.15. The van der Waals surface area contributed by atoms with Gasteiger partial charge in [0.15, 0.2) is 0 Å². The van der Waals surface area contributed by atoms with E-state index in [-0.39, 0.29) is 17.9 Å². The summed E-state index contributed by atoms with van der Waals surface area (Å²) >= 11 is 0. The SMILES string of the molecule is O=C1OCCC2c3cc(Cn4cncn4)ccc3NC12. The molecule has 0 spiro atoms. The average Bonchev–Trinajstić information content (AvgIpc) is 3.07. The van der Waals surface area contributed by atoms with Gasteiger partial charge in [0.25, 0.3) is 0 Å². The maximum absolute atomic E-state index is 11.8. The van der Waals surface area contributed by atoms with E-state index in [1.165, 1.54) is 11.9 Å². The number of nitrogens with zero attached hydrogens (tertiary/aromatic N) is 3. The lowest BCUT2D eigenvalue weighted by molar-refractivity contribution is -0.148. The first-order chi connectivity index (χ1) is 9.81. The van der Waals surface area contributed by atoms with Gasteiger partial charge in [-0.2, -0.15) is 5.10 Å². The number of benzene rings is 1. The number of hydrogen-bond donors (Lipinski definition) is 1. The molecule has 2 aliphatic rings. The number of esters is 1. The Hall–Kier alpha value is -2.37. The Labute approximate surface area is 115 Å². The molecule has 2 unspecified atom stereocenters. The molecule has 3 heterocycles. The topological polar surface area (TPSA) is 69.0 Å². The zero-order valence-corrected chi connectivity index (χ0v) is 10.8. The molecule has 2 aromatic rings. The Kier molecular flexibility index (Phi) is 2.48. The first kappa shape index (κ1) is 11.5. The highest BCUT2D eigenvalue weighted by Gasteiger charge is 2.40. The van der Waals surface area contributed by atoms with Crippen molar-refractivity contribution in [1.82, 2.24) is 14.8 Å². The van der Waals surface area contributed by atoms with Gasteiger partial charge in [0.1, 0.15) is 18.7 Å². The number of carbonyl (C=O) groups excluding carboxylic acids is 1. The van der Waals surface area contributed by atoms with E-state index in [1.807, 2.05) is 6.07 Å². The van der Waals surface area contributed by atoms with E-state index in [4.69, 9.17) is 4.74 Å². The molecule has 0 aliphatic carbocycles. The Morgan fingerprint density at radius 1 is 1.45 bits per heavy atom. The molecule has 1 aromatic heterocycles. The van der Waals surface area contributed by atoms with Gasteiger partial charge in [-0.05, 0) is 23.6 Å². The fourth-order valence-corrected chi connectivity index (χ4v) is 3.02. The van der Waals surface area contributed by atoms with E-state index in [2.05, 4.69) is 27.5 Å². The number of rotatable bonds is 2. The van der Waals surface area contributed by atoms with Crippen LogP contribution in [0.25, 0.3) is 0 Å². The summed E-state index contributed by atoms with van der Waals surface area (Å²) in [6.07, 6.45) is 4.11. The molecular weight excluding hydrogens is 256 g/mol. The van der Waals surface area contributed by atoms with Crippen LogP contribution in [0.15, 0.2) is 30.9 Å². The minimum atomic E-state index is -0.222. The van der Waals surface area contributed by atoms with Gasteiger partial charge >= 0.3 is 5.97 Å². The molecule has 0 amide bonds. The van der Waals surface area contributed by atoms with Gasteiger partial charge in [-0.15, -0.1) is 0 Å². The van der Waals surface area contributed by atoms with Gasteiger partial charge in [0, 0.05) is 11.6 Å². The number of nitrogens with one attached hydrogen (secondary N) is 1. The van der Waals surface area contributed by atoms with Crippen molar-refractivity contribution >= 4 is 11.7 Å². The van der Waals surface area contributed by atoms with Crippen molar-refractivity contribution < 1.29 is 9.53 Å². The van der Waals surface area contributed by atoms with Gasteiger partial charge in [0.05, 0.1) is 13.2 Å². The maximum atomic E-state index is 11.8. The predicted molar refractivity (Wildman–Crippen MR) is 71.3 cm³/mol. The molecule has 2 atom stereocenters. The number of aromatic nitrogens is 3. The van der Waals surface area contributed by atoms with Gasteiger partial charge in [-0.25, -0.2) is 14.5 Å². The fraction of sp³-hybridized carbons (Fsp3) is 0.357. The van der Waals surface area contributed by atoms with E-state index in [1.54, 1.807) is 11.0 Å². The average molecular weight is 270 g/mol. The first-order valence-electron chi connectivity index (χ1n) is 6.70. The highest BCUT2D eigenvalue weighted by Crippen LogP contribution is 2.41. The lowest BCUT2D eigenvalue weighted by atomic mass is 9.90. The molecule has 20 heavy (non-hydrogen) atoms. The summed E-state index contributed by atoms with van der Waals surface area (Å²) in [5, 5.41) is 7.38. The minimum absolute atomic E-state index is 0.143. The number of carbonyl (C=O) groups is 1. The van der Waals surface area contributed by atoms with Crippen molar-refractivity contribution in [2.24, 2.45) is 0 Å². The number of ether oxygens (including phenoxy) is 1. The molecule has 2 aliphatic heterocycles. The highest BCUT2D eigenvalue weighted by atomic mass is 16.5. The van der Waals surface area contributed by atoms with Crippen molar-refractivity contribution in [2.75, 3.05) is 11.9 Å². The van der Waals surface area contributed by atoms with Crippen LogP contribution in [0.2, 0.25) is 0 Å². The van der Waals surface area contributed by atoms with Crippen LogP contribution < -0.4 is 5.32 Å². The molecule has 1 fully saturated rings. The number of fused-ring (bicyclic) bond motifs is 3. The molecule has 6 nitrogen and oxygen atoms in total. The van der Waals surface area contributed by atoms with Crippen molar-refractivity contribution in [3.63, 3.8) is 0 Å². The zero-order valence-electron chi connectivity index (χ0n) is 10.8. The van der Waals surface area contributed by atoms with Gasteiger partial charge in [0.2, 0.25) is 0 Å². The summed E-state index contributed by atoms with van der Waals surface area (Å²) in [7, 11) is 0. The summed E-state index contributed by atoms with van der Waals surface area (Å²) < 4.78 is 6.90. The largest absolute Gasteiger partial charge is 0.464 e. The van der Waals surface area contributed by atoms with Crippen LogP contribution in [0, 0.1) is 0 Å². The molecular formula is C14H14N4O2. The molecule has 6 heteroatoms. The lowest BCUT2D eigenvalue weighted by Gasteiger charge is -2.24. The first-order valence-corrected chi connectivity index (χ1v) is 6.70. The Morgan fingerprint density at radius 2 is 2.40 bits per heavy atom. The standard InChI is InChI=1S/C14H14N4O2/c19-14-13-10(3-4-20-14)11-5-9(1-2-12(11)17-13)6-18-8-15-7-16-18/h1-2,5,7-8,10,13,17H,3-4,6H2. The minimum Gasteiger partial charge on any atom is -0.464 e. The summed E-state index contributed by atoms with van der Waals surface area (Å²) in [5.74, 6) is 0.0808. The van der Waals surface area contributed by atoms with Crippen LogP contribution in [0.4, 0.5) is 5.69 Å². The van der Waals surface area contributed by atoms with E-state index in [0.717, 1.165) is 17.7 Å². The lowest BCUT2D eigenvalue weighted by Crippen LogP contribution is -2.37. The molecule has 1 N–H and O–H groups in total. The summed E-state index contributed by atoms with van der Waals surface area (Å²) in [6.45, 7) is 1.20. The Morgan fingerprint density at radius 3 is 3.25 bits per heavy atom. The van der Waals surface area contributed by atoms with Gasteiger partial charge in [-0.1, -0.05) is 12.1 Å². The third kappa shape index (κ3) is 1.76. The van der Waals surface area contributed by atoms with Crippen molar-refractivity contribution in [2.45, 2.75) is 24.9 Å². The second kappa shape index (κ2) is 4.33. The van der Waals surface area contributed by atoms with Crippen LogP contribution in [0.1, 0.15) is 23.5 Å². The molecule has 0 saturated carbocycles. The Bertz CT molecular complexity index is 653. The second-order valence-corrected chi connectivity index (χ2v) is 5.20. The molecule has 102 valence electrons. The number of hydrogen-bond acceptors (Lipinski definition) is 5. The third-order valence-corrected chi connectivity index (χ3v) is 3.97. The quantitative estimate of drug-likeness (QED) is 0.829. The van der Waals surface area contributed by atoms with E-state index >= 15 is 0 Å². The molecule has 1 saturated heterocycles. The van der Waals surface area contributed by atoms with Crippen LogP contribution >= 0.6 is 0 Å².